The van der Waals surface area contributed by atoms with Crippen LogP contribution in [0.4, 0.5) is 15.9 Å². The Morgan fingerprint density at radius 3 is 2.74 bits per heavy atom. The molecular formula is C25H23FN6O2. The van der Waals surface area contributed by atoms with Gasteiger partial charge in [-0.25, -0.2) is 14.4 Å². The highest BCUT2D eigenvalue weighted by molar-refractivity contribution is 6.10. The summed E-state index contributed by atoms with van der Waals surface area (Å²) < 4.78 is 14.6. The van der Waals surface area contributed by atoms with Gasteiger partial charge in [-0.1, -0.05) is 18.2 Å². The Morgan fingerprint density at radius 2 is 1.97 bits per heavy atom. The van der Waals surface area contributed by atoms with Crippen LogP contribution in [0, 0.1) is 5.82 Å². The number of hydrogen-bond acceptors (Lipinski definition) is 6. The molecule has 3 heterocycles. The first-order valence-electron chi connectivity index (χ1n) is 11.2. The van der Waals surface area contributed by atoms with Crippen LogP contribution in [0.5, 0.6) is 0 Å². The molecule has 9 heteroatoms. The molecule has 3 aliphatic rings. The molecule has 0 atom stereocenters. The average Bonchev–Trinajstić information content (AvgIpc) is 3.60. The highest BCUT2D eigenvalue weighted by Crippen LogP contribution is 2.39. The lowest BCUT2D eigenvalue weighted by molar-refractivity contribution is 0.0648. The molecule has 1 aliphatic carbocycles. The average molecular weight is 458 g/mol. The van der Waals surface area contributed by atoms with E-state index in [1.165, 1.54) is 18.2 Å². The lowest BCUT2D eigenvalue weighted by Crippen LogP contribution is -2.42. The van der Waals surface area contributed by atoms with E-state index in [0.29, 0.717) is 18.8 Å². The minimum atomic E-state index is -0.679. The SMILES string of the molecule is O=C(Nc1cccc(F)c1C(=O)N1CCC1)c1nc(C2CC2)cnc1NC1=C/C=C/C=C/N=C\1. The Bertz CT molecular complexity index is 1260. The molecule has 2 aromatic rings. The number of aliphatic imine (C=N–C) groups is 1. The van der Waals surface area contributed by atoms with Crippen LogP contribution in [-0.4, -0.2) is 46.0 Å². The molecule has 1 aromatic heterocycles. The maximum absolute atomic E-state index is 14.6. The summed E-state index contributed by atoms with van der Waals surface area (Å²) in [6.07, 6.45) is 15.0. The number of carbonyl (C=O) groups is 2. The van der Waals surface area contributed by atoms with E-state index in [0.717, 1.165) is 25.0 Å². The molecule has 34 heavy (non-hydrogen) atoms. The number of carbonyl (C=O) groups excluding carboxylic acids is 2. The van der Waals surface area contributed by atoms with Gasteiger partial charge in [-0.2, -0.15) is 0 Å². The van der Waals surface area contributed by atoms with Crippen molar-refractivity contribution < 1.29 is 14.0 Å². The summed E-state index contributed by atoms with van der Waals surface area (Å²) in [5.41, 5.74) is 1.36. The normalized spacial score (nSPS) is 21.2. The summed E-state index contributed by atoms with van der Waals surface area (Å²) in [7, 11) is 0. The van der Waals surface area contributed by atoms with Crippen LogP contribution >= 0.6 is 0 Å². The lowest BCUT2D eigenvalue weighted by Gasteiger charge is -2.31. The van der Waals surface area contributed by atoms with Crippen molar-refractivity contribution in [3.8, 4) is 0 Å². The van der Waals surface area contributed by atoms with Gasteiger partial charge < -0.3 is 15.5 Å². The fourth-order valence-electron chi connectivity index (χ4n) is 3.63. The van der Waals surface area contributed by atoms with Gasteiger partial charge in [-0.15, -0.1) is 0 Å². The van der Waals surface area contributed by atoms with E-state index in [2.05, 4.69) is 25.6 Å². The maximum atomic E-state index is 14.6. The minimum Gasteiger partial charge on any atom is -0.338 e. The molecule has 172 valence electrons. The molecule has 0 bridgehead atoms. The van der Waals surface area contributed by atoms with Crippen molar-refractivity contribution in [2.45, 2.75) is 25.2 Å². The van der Waals surface area contributed by atoms with Crippen LogP contribution in [0.25, 0.3) is 0 Å². The Labute approximate surface area is 196 Å². The Hall–Kier alpha value is -4.14. The zero-order valence-corrected chi connectivity index (χ0v) is 18.4. The first-order chi connectivity index (χ1) is 16.6. The summed E-state index contributed by atoms with van der Waals surface area (Å²) >= 11 is 0. The van der Waals surface area contributed by atoms with Crippen molar-refractivity contribution in [2.75, 3.05) is 23.7 Å². The summed E-state index contributed by atoms with van der Waals surface area (Å²) in [6, 6.07) is 4.19. The molecule has 0 spiro atoms. The second-order valence-corrected chi connectivity index (χ2v) is 8.28. The standard InChI is InChI=1S/C25H23FN6O2/c26-18-7-4-8-19(21(18)25(34)32-12-5-13-32)31-24(33)22-23(28-15-20(30-22)16-9-10-16)29-17-6-2-1-3-11-27-14-17/h1-4,6-8,11,14-16H,5,9-10,12-13H2,(H,28,29)(H,31,33)/b2-1+,3-1?,6-2?,11-3+,17-6+,17-14?,27-11?,27-14-. The van der Waals surface area contributed by atoms with E-state index < -0.39 is 17.6 Å². The number of hydrogen-bond donors (Lipinski definition) is 2. The van der Waals surface area contributed by atoms with E-state index in [1.54, 1.807) is 35.7 Å². The predicted molar refractivity (Wildman–Crippen MR) is 127 cm³/mol. The van der Waals surface area contributed by atoms with Crippen LogP contribution in [-0.2, 0) is 0 Å². The maximum Gasteiger partial charge on any atom is 0.278 e. The van der Waals surface area contributed by atoms with E-state index in [9.17, 15) is 14.0 Å². The summed E-state index contributed by atoms with van der Waals surface area (Å²) in [4.78, 5) is 40.9. The van der Waals surface area contributed by atoms with E-state index in [-0.39, 0.29) is 28.7 Å². The van der Waals surface area contributed by atoms with Gasteiger partial charge in [0.15, 0.2) is 11.5 Å². The van der Waals surface area contributed by atoms with Crippen molar-refractivity contribution in [3.63, 3.8) is 0 Å². The van der Waals surface area contributed by atoms with Crippen molar-refractivity contribution in [1.29, 1.82) is 0 Å². The molecule has 2 N–H and O–H groups in total. The summed E-state index contributed by atoms with van der Waals surface area (Å²) in [6.45, 7) is 1.15. The van der Waals surface area contributed by atoms with Crippen molar-refractivity contribution in [2.24, 2.45) is 4.99 Å². The van der Waals surface area contributed by atoms with Gasteiger partial charge >= 0.3 is 0 Å². The molecule has 1 aromatic carbocycles. The molecule has 0 radical (unpaired) electrons. The predicted octanol–water partition coefficient (Wildman–Crippen LogP) is 4.04. The molecule has 1 saturated carbocycles. The van der Waals surface area contributed by atoms with Gasteiger partial charge in [-0.05, 0) is 43.5 Å². The molecule has 2 aliphatic heterocycles. The molecule has 0 unspecified atom stereocenters. The smallest absolute Gasteiger partial charge is 0.278 e. The van der Waals surface area contributed by atoms with Gasteiger partial charge in [0.2, 0.25) is 0 Å². The zero-order chi connectivity index (χ0) is 23.5. The number of halogens is 1. The quantitative estimate of drug-likeness (QED) is 0.681. The zero-order valence-electron chi connectivity index (χ0n) is 18.4. The fourth-order valence-corrected chi connectivity index (χ4v) is 3.63. The number of anilines is 2. The molecule has 2 fully saturated rings. The van der Waals surface area contributed by atoms with Gasteiger partial charge in [0.05, 0.1) is 35.1 Å². The van der Waals surface area contributed by atoms with Gasteiger partial charge in [0.1, 0.15) is 5.82 Å². The Kier molecular flexibility index (Phi) is 5.99. The lowest BCUT2D eigenvalue weighted by atomic mass is 10.1. The van der Waals surface area contributed by atoms with Crippen molar-refractivity contribution in [3.05, 3.63) is 83.4 Å². The van der Waals surface area contributed by atoms with E-state index in [4.69, 9.17) is 0 Å². The molecule has 8 nitrogen and oxygen atoms in total. The molecule has 2 amide bonds. The number of rotatable bonds is 6. The van der Waals surface area contributed by atoms with Gasteiger partial charge in [0, 0.05) is 25.2 Å². The first kappa shape index (κ1) is 21.7. The number of likely N-dealkylation sites (tertiary alicyclic amines) is 1. The third-order valence-corrected chi connectivity index (χ3v) is 5.77. The van der Waals surface area contributed by atoms with Crippen LogP contribution < -0.4 is 10.6 Å². The van der Waals surface area contributed by atoms with E-state index in [1.807, 2.05) is 12.2 Å². The van der Waals surface area contributed by atoms with Gasteiger partial charge in [-0.3, -0.25) is 14.6 Å². The number of aromatic nitrogens is 2. The minimum absolute atomic E-state index is 0.0619. The molecular weight excluding hydrogens is 435 g/mol. The van der Waals surface area contributed by atoms with E-state index >= 15 is 0 Å². The van der Waals surface area contributed by atoms with Gasteiger partial charge in [0.25, 0.3) is 11.8 Å². The van der Waals surface area contributed by atoms with Crippen LogP contribution in [0.2, 0.25) is 0 Å². The van der Waals surface area contributed by atoms with Crippen LogP contribution in [0.3, 0.4) is 0 Å². The summed E-state index contributed by atoms with van der Waals surface area (Å²) in [5.74, 6) is -1.18. The number of nitrogens with one attached hydrogen (secondary N) is 2. The Morgan fingerprint density at radius 1 is 1.12 bits per heavy atom. The fraction of sp³-hybridized carbons (Fsp3) is 0.240. The topological polar surface area (TPSA) is 99.6 Å². The van der Waals surface area contributed by atoms with Crippen LogP contribution in [0.15, 0.2) is 65.6 Å². The highest BCUT2D eigenvalue weighted by atomic mass is 19.1. The number of benzene rings is 1. The number of allylic oxidation sites excluding steroid dienone is 5. The first-order valence-corrected chi connectivity index (χ1v) is 11.2. The highest BCUT2D eigenvalue weighted by Gasteiger charge is 2.30. The second kappa shape index (κ2) is 9.38. The molecule has 1 saturated heterocycles. The monoisotopic (exact) mass is 458 g/mol. The number of nitrogens with zero attached hydrogens (tertiary/aromatic N) is 4. The third-order valence-electron chi connectivity index (χ3n) is 5.77. The second-order valence-electron chi connectivity index (χ2n) is 8.28. The number of amides is 2. The third kappa shape index (κ3) is 4.63. The molecule has 5 rings (SSSR count). The largest absolute Gasteiger partial charge is 0.338 e. The van der Waals surface area contributed by atoms with Crippen LogP contribution in [0.1, 0.15) is 51.7 Å². The Balaban J connectivity index is 1.46. The van der Waals surface area contributed by atoms with Crippen molar-refractivity contribution >= 4 is 29.5 Å². The summed E-state index contributed by atoms with van der Waals surface area (Å²) in [5, 5.41) is 5.79. The van der Waals surface area contributed by atoms with Crippen molar-refractivity contribution in [1.82, 2.24) is 14.9 Å².